The molecule has 2 heterocycles. The molecule has 0 atom stereocenters. The van der Waals surface area contributed by atoms with E-state index in [1.165, 1.54) is 10.5 Å². The molecule has 1 aliphatic heterocycles. The first-order valence-corrected chi connectivity index (χ1v) is 9.71. The van der Waals surface area contributed by atoms with E-state index in [1.54, 1.807) is 24.3 Å². The number of hydrogen-bond donors (Lipinski definition) is 0. The maximum Gasteiger partial charge on any atom is 0.261 e. The maximum absolute atomic E-state index is 12.5. The number of para-hydroxylation sites is 1. The van der Waals surface area contributed by atoms with Gasteiger partial charge in [-0.3, -0.25) is 14.5 Å². The van der Waals surface area contributed by atoms with Gasteiger partial charge in [0.05, 0.1) is 22.5 Å². The summed E-state index contributed by atoms with van der Waals surface area (Å²) in [4.78, 5) is 28.5. The molecule has 2 amide bonds. The Hall–Kier alpha value is -3.25. The van der Waals surface area contributed by atoms with Crippen LogP contribution in [0.5, 0.6) is 0 Å². The number of hydrogen-bond acceptors (Lipinski definition) is 4. The van der Waals surface area contributed by atoms with Crippen molar-refractivity contribution >= 4 is 11.8 Å². The molecule has 6 heteroatoms. The van der Waals surface area contributed by atoms with Gasteiger partial charge in [0.2, 0.25) is 0 Å². The number of imide groups is 1. The van der Waals surface area contributed by atoms with E-state index in [4.69, 9.17) is 5.10 Å². The molecule has 0 radical (unpaired) electrons. The number of aryl methyl sites for hydroxylation is 1. The van der Waals surface area contributed by atoms with Crippen LogP contribution in [0.15, 0.2) is 54.6 Å². The second kappa shape index (κ2) is 7.64. The van der Waals surface area contributed by atoms with Gasteiger partial charge in [0.25, 0.3) is 11.8 Å². The van der Waals surface area contributed by atoms with Crippen LogP contribution in [0.25, 0.3) is 5.69 Å². The van der Waals surface area contributed by atoms with Gasteiger partial charge in [0.15, 0.2) is 0 Å². The minimum Gasteiger partial charge on any atom is -0.300 e. The third kappa shape index (κ3) is 3.47. The van der Waals surface area contributed by atoms with Crippen LogP contribution in [0.1, 0.15) is 37.7 Å². The standard InChI is InChI=1S/C23H24N4O2/c1-16-21(17(2)27(24-16)18-9-5-4-6-10-18)15-25(3)13-14-26-22(28)19-11-7-8-12-20(19)23(26)29/h4-12H,13-15H2,1-3H3. The first kappa shape index (κ1) is 19.1. The van der Waals surface area contributed by atoms with Crippen LogP contribution < -0.4 is 0 Å². The van der Waals surface area contributed by atoms with Crippen molar-refractivity contribution in [2.45, 2.75) is 20.4 Å². The Bertz CT molecular complexity index is 1040. The molecule has 1 aromatic heterocycles. The highest BCUT2D eigenvalue weighted by Crippen LogP contribution is 2.23. The Morgan fingerprint density at radius 1 is 0.897 bits per heavy atom. The summed E-state index contributed by atoms with van der Waals surface area (Å²) in [6.45, 7) is 5.75. The highest BCUT2D eigenvalue weighted by molar-refractivity contribution is 6.21. The molecule has 3 aromatic rings. The molecule has 0 saturated heterocycles. The number of aromatic nitrogens is 2. The molecule has 2 aromatic carbocycles. The van der Waals surface area contributed by atoms with Gasteiger partial charge in [-0.15, -0.1) is 0 Å². The lowest BCUT2D eigenvalue weighted by atomic mass is 10.1. The molecule has 148 valence electrons. The second-order valence-corrected chi connectivity index (χ2v) is 7.44. The second-order valence-electron chi connectivity index (χ2n) is 7.44. The minimum absolute atomic E-state index is 0.205. The molecule has 0 spiro atoms. The molecule has 0 bridgehead atoms. The lowest BCUT2D eigenvalue weighted by molar-refractivity contribution is 0.0640. The minimum atomic E-state index is -0.205. The Morgan fingerprint density at radius 3 is 2.10 bits per heavy atom. The number of nitrogens with zero attached hydrogens (tertiary/aromatic N) is 4. The number of carbonyl (C=O) groups excluding carboxylic acids is 2. The smallest absolute Gasteiger partial charge is 0.261 e. The van der Waals surface area contributed by atoms with E-state index in [1.807, 2.05) is 49.0 Å². The molecular formula is C23H24N4O2. The normalized spacial score (nSPS) is 13.4. The first-order chi connectivity index (χ1) is 14.0. The zero-order valence-corrected chi connectivity index (χ0v) is 16.9. The highest BCUT2D eigenvalue weighted by atomic mass is 16.2. The predicted molar refractivity (Wildman–Crippen MR) is 111 cm³/mol. The summed E-state index contributed by atoms with van der Waals surface area (Å²) in [6, 6.07) is 17.1. The average Bonchev–Trinajstić information content (AvgIpc) is 3.15. The van der Waals surface area contributed by atoms with Gasteiger partial charge in [0.1, 0.15) is 0 Å². The molecular weight excluding hydrogens is 364 g/mol. The molecule has 4 rings (SSSR count). The number of fused-ring (bicyclic) bond motifs is 1. The van der Waals surface area contributed by atoms with Crippen molar-refractivity contribution in [1.82, 2.24) is 19.6 Å². The Balaban J connectivity index is 1.44. The van der Waals surface area contributed by atoms with Crippen LogP contribution >= 0.6 is 0 Å². The molecule has 0 N–H and O–H groups in total. The SMILES string of the molecule is Cc1nn(-c2ccccc2)c(C)c1CN(C)CCN1C(=O)c2ccccc2C1=O. The quantitative estimate of drug-likeness (QED) is 0.609. The molecule has 29 heavy (non-hydrogen) atoms. The van der Waals surface area contributed by atoms with Gasteiger partial charge in [-0.25, -0.2) is 4.68 Å². The molecule has 0 aliphatic carbocycles. The van der Waals surface area contributed by atoms with Crippen LogP contribution in [0.2, 0.25) is 0 Å². The fourth-order valence-corrected chi connectivity index (χ4v) is 3.79. The summed E-state index contributed by atoms with van der Waals surface area (Å²) < 4.78 is 1.96. The molecule has 1 aliphatic rings. The van der Waals surface area contributed by atoms with E-state index < -0.39 is 0 Å². The monoisotopic (exact) mass is 388 g/mol. The zero-order chi connectivity index (χ0) is 20.5. The summed E-state index contributed by atoms with van der Waals surface area (Å²) in [5.41, 5.74) is 5.28. The van der Waals surface area contributed by atoms with Crippen molar-refractivity contribution in [3.63, 3.8) is 0 Å². The largest absolute Gasteiger partial charge is 0.300 e. The van der Waals surface area contributed by atoms with Crippen molar-refractivity contribution < 1.29 is 9.59 Å². The van der Waals surface area contributed by atoms with Gasteiger partial charge in [-0.1, -0.05) is 30.3 Å². The van der Waals surface area contributed by atoms with E-state index >= 15 is 0 Å². The zero-order valence-electron chi connectivity index (χ0n) is 16.9. The fourth-order valence-electron chi connectivity index (χ4n) is 3.79. The number of benzene rings is 2. The fraction of sp³-hybridized carbons (Fsp3) is 0.261. The van der Waals surface area contributed by atoms with Crippen molar-refractivity contribution in [2.24, 2.45) is 0 Å². The summed E-state index contributed by atoms with van der Waals surface area (Å²) in [6.07, 6.45) is 0. The van der Waals surface area contributed by atoms with E-state index in [9.17, 15) is 9.59 Å². The Morgan fingerprint density at radius 2 is 1.48 bits per heavy atom. The highest BCUT2D eigenvalue weighted by Gasteiger charge is 2.34. The van der Waals surface area contributed by atoms with Crippen LogP contribution in [0.3, 0.4) is 0 Å². The number of rotatable bonds is 6. The summed E-state index contributed by atoms with van der Waals surface area (Å²) in [7, 11) is 2.00. The lowest BCUT2D eigenvalue weighted by Crippen LogP contribution is -2.36. The van der Waals surface area contributed by atoms with E-state index in [-0.39, 0.29) is 11.8 Å². The lowest BCUT2D eigenvalue weighted by Gasteiger charge is -2.21. The van der Waals surface area contributed by atoms with E-state index in [0.29, 0.717) is 30.8 Å². The molecule has 6 nitrogen and oxygen atoms in total. The Labute approximate surface area is 170 Å². The number of amides is 2. The van der Waals surface area contributed by atoms with Crippen LogP contribution in [-0.4, -0.2) is 51.5 Å². The van der Waals surface area contributed by atoms with Crippen molar-refractivity contribution in [2.75, 3.05) is 20.1 Å². The topological polar surface area (TPSA) is 58.4 Å². The predicted octanol–water partition coefficient (Wildman–Crippen LogP) is 3.22. The van der Waals surface area contributed by atoms with E-state index in [0.717, 1.165) is 17.1 Å². The van der Waals surface area contributed by atoms with Crippen LogP contribution in [0, 0.1) is 13.8 Å². The maximum atomic E-state index is 12.5. The van der Waals surface area contributed by atoms with Crippen molar-refractivity contribution in [3.05, 3.63) is 82.7 Å². The summed E-state index contributed by atoms with van der Waals surface area (Å²) in [5.74, 6) is -0.411. The van der Waals surface area contributed by atoms with Gasteiger partial charge in [0, 0.05) is 30.9 Å². The average molecular weight is 388 g/mol. The molecule has 0 fully saturated rings. The van der Waals surface area contributed by atoms with E-state index in [2.05, 4.69) is 11.8 Å². The Kier molecular flexibility index (Phi) is 5.03. The van der Waals surface area contributed by atoms with Gasteiger partial charge in [-0.05, 0) is 45.2 Å². The van der Waals surface area contributed by atoms with Gasteiger partial charge >= 0.3 is 0 Å². The third-order valence-corrected chi connectivity index (χ3v) is 5.45. The number of likely N-dealkylation sites (N-methyl/N-ethyl adjacent to an activating group) is 1. The van der Waals surface area contributed by atoms with Crippen LogP contribution in [0.4, 0.5) is 0 Å². The van der Waals surface area contributed by atoms with Crippen molar-refractivity contribution in [1.29, 1.82) is 0 Å². The van der Waals surface area contributed by atoms with Crippen LogP contribution in [-0.2, 0) is 6.54 Å². The summed E-state index contributed by atoms with van der Waals surface area (Å²) in [5, 5.41) is 4.69. The molecule has 0 unspecified atom stereocenters. The summed E-state index contributed by atoms with van der Waals surface area (Å²) >= 11 is 0. The van der Waals surface area contributed by atoms with Crippen molar-refractivity contribution in [3.8, 4) is 5.69 Å². The van der Waals surface area contributed by atoms with Gasteiger partial charge in [-0.2, -0.15) is 5.10 Å². The third-order valence-electron chi connectivity index (χ3n) is 5.45. The molecule has 0 saturated carbocycles. The van der Waals surface area contributed by atoms with Gasteiger partial charge < -0.3 is 4.90 Å². The number of carbonyl (C=O) groups is 2. The first-order valence-electron chi connectivity index (χ1n) is 9.71.